The second-order valence-corrected chi connectivity index (χ2v) is 21.0. The monoisotopic (exact) mass is 827 g/mol. The van der Waals surface area contributed by atoms with Gasteiger partial charge in [0, 0.05) is 0 Å². The summed E-state index contributed by atoms with van der Waals surface area (Å²) in [5.74, 6) is 2.72. The Labute approximate surface area is 360 Å². The molecule has 6 aliphatic carbocycles. The molecule has 0 amide bonds. The maximum absolute atomic E-state index is 13.9. The van der Waals surface area contributed by atoms with E-state index in [4.69, 9.17) is 18.9 Å². The molecule has 330 valence electrons. The van der Waals surface area contributed by atoms with Gasteiger partial charge in [0.05, 0.1) is 10.8 Å². The lowest BCUT2D eigenvalue weighted by molar-refractivity contribution is -0.173. The zero-order valence-electron chi connectivity index (χ0n) is 37.9. The molecule has 0 heterocycles. The zero-order valence-corrected chi connectivity index (χ0v) is 37.9. The zero-order chi connectivity index (χ0) is 43.0. The van der Waals surface area contributed by atoms with E-state index in [1.54, 1.807) is 24.3 Å². The Balaban J connectivity index is 0.885. The molecule has 0 bridgehead atoms. The maximum Gasteiger partial charge on any atom is 0.312 e. The number of benzene rings is 1. The highest BCUT2D eigenvalue weighted by atomic mass is 16.6. The molecular weight excluding hydrogens is 753 g/mol. The van der Waals surface area contributed by atoms with Crippen LogP contribution < -0.4 is 9.47 Å². The summed E-state index contributed by atoms with van der Waals surface area (Å²) in [6.45, 7) is 17.5. The van der Waals surface area contributed by atoms with E-state index in [-0.39, 0.29) is 61.0 Å². The van der Waals surface area contributed by atoms with E-state index in [1.807, 2.05) is 0 Å². The number of aliphatic hydroxyl groups is 2. The quantitative estimate of drug-likeness (QED) is 0.178. The Morgan fingerprint density at radius 2 is 1.03 bits per heavy atom. The summed E-state index contributed by atoms with van der Waals surface area (Å²) in [6, 6.07) is 7.07. The number of hydrogen-bond acceptors (Lipinski definition) is 8. The second kappa shape index (κ2) is 17.8. The third kappa shape index (κ3) is 8.55. The summed E-state index contributed by atoms with van der Waals surface area (Å²) in [6.07, 6.45) is 19.6. The number of fused-ring (bicyclic) bond motifs is 6. The highest BCUT2D eigenvalue weighted by Crippen LogP contribution is 2.64. The molecule has 0 spiro atoms. The average Bonchev–Trinajstić information content (AvgIpc) is 3.22. The van der Waals surface area contributed by atoms with Gasteiger partial charge in [-0.15, -0.1) is 0 Å². The van der Waals surface area contributed by atoms with Gasteiger partial charge in [0.2, 0.25) is 0 Å². The van der Waals surface area contributed by atoms with Crippen molar-refractivity contribution in [2.24, 2.45) is 57.2 Å². The third-order valence-corrected chi connectivity index (χ3v) is 16.6. The number of para-hydroxylation sites is 2. The molecule has 8 nitrogen and oxygen atoms in total. The first-order valence-electron chi connectivity index (χ1n) is 23.4. The summed E-state index contributed by atoms with van der Waals surface area (Å²) in [5.41, 5.74) is 4.81. The van der Waals surface area contributed by atoms with Crippen LogP contribution in [0.3, 0.4) is 0 Å². The summed E-state index contributed by atoms with van der Waals surface area (Å²) in [5, 5.41) is 21.9. The number of ether oxygens (including phenoxy) is 4. The topological polar surface area (TPSA) is 112 Å². The molecule has 7 rings (SSSR count). The Hall–Kier alpha value is -3.36. The van der Waals surface area contributed by atoms with Crippen molar-refractivity contribution in [1.29, 1.82) is 0 Å². The molecule has 2 fully saturated rings. The van der Waals surface area contributed by atoms with Crippen molar-refractivity contribution < 1.29 is 38.7 Å². The molecule has 10 unspecified atom stereocenters. The van der Waals surface area contributed by atoms with E-state index >= 15 is 0 Å². The van der Waals surface area contributed by atoms with E-state index in [2.05, 4.69) is 79.7 Å². The largest absolute Gasteiger partial charge is 0.487 e. The standard InChI is InChI=1S/C52H74O8/c1-33(2)35-15-19-41-37(27-35)17-21-45-49(41,5)23-11-25-51(45,7)47(55)59-31-39(53)29-57-43-13-9-10-14-44(43)58-30-40(54)32-60-48(56)52(8)26-12-24-50(6)42-20-16-36(34(3)4)28-38(42)18-22-46(50)52/h9-10,13-14,17-18,27-28,33-34,39-42,45-46,53-54H,11-12,15-16,19-26,29-32H2,1-8H3. The lowest BCUT2D eigenvalue weighted by Gasteiger charge is -2.57. The number of carbonyl (C=O) groups excluding carboxylic acids is 2. The van der Waals surface area contributed by atoms with E-state index in [9.17, 15) is 19.8 Å². The SMILES string of the molecule is CC(C)C1=CC2=CCC3C(C)(C(=O)OCC(O)COc4ccccc4OCC(O)COC(=O)C4(C)CCCC5(C)C6CCC(C(C)C)=CC6=CCC45)CCCC3(C)C2CC1. The van der Waals surface area contributed by atoms with Crippen molar-refractivity contribution >= 4 is 11.9 Å². The molecule has 1 aromatic rings. The van der Waals surface area contributed by atoms with Gasteiger partial charge >= 0.3 is 11.9 Å². The van der Waals surface area contributed by atoms with Crippen LogP contribution in [0.15, 0.2) is 70.9 Å². The molecule has 8 heteroatoms. The van der Waals surface area contributed by atoms with Crippen LogP contribution >= 0.6 is 0 Å². The molecule has 10 atom stereocenters. The fourth-order valence-corrected chi connectivity index (χ4v) is 13.0. The van der Waals surface area contributed by atoms with Gasteiger partial charge in [0.1, 0.15) is 38.6 Å². The second-order valence-electron chi connectivity index (χ2n) is 21.0. The van der Waals surface area contributed by atoms with E-state index < -0.39 is 23.0 Å². The molecule has 2 saturated carbocycles. The third-order valence-electron chi connectivity index (χ3n) is 16.6. The van der Waals surface area contributed by atoms with Gasteiger partial charge in [0.25, 0.3) is 0 Å². The predicted molar refractivity (Wildman–Crippen MR) is 235 cm³/mol. The normalized spacial score (nSPS) is 34.6. The van der Waals surface area contributed by atoms with Gasteiger partial charge in [0.15, 0.2) is 11.5 Å². The minimum absolute atomic E-state index is 0.0355. The summed E-state index contributed by atoms with van der Waals surface area (Å²) in [7, 11) is 0. The fourth-order valence-electron chi connectivity index (χ4n) is 13.0. The van der Waals surface area contributed by atoms with Crippen molar-refractivity contribution in [3.63, 3.8) is 0 Å². The Bertz CT molecular complexity index is 1740. The Kier molecular flexibility index (Phi) is 13.2. The van der Waals surface area contributed by atoms with Crippen molar-refractivity contribution in [2.45, 2.75) is 145 Å². The van der Waals surface area contributed by atoms with Gasteiger partial charge in [-0.1, -0.05) is 102 Å². The lowest BCUT2D eigenvalue weighted by atomic mass is 9.47. The molecular formula is C52H74O8. The molecule has 0 saturated heterocycles. The number of allylic oxidation sites excluding steroid dienone is 8. The average molecular weight is 827 g/mol. The summed E-state index contributed by atoms with van der Waals surface area (Å²) in [4.78, 5) is 27.7. The van der Waals surface area contributed by atoms with Crippen LogP contribution in [0.1, 0.15) is 132 Å². The van der Waals surface area contributed by atoms with Crippen LogP contribution in [0, 0.1) is 57.2 Å². The predicted octanol–water partition coefficient (Wildman–Crippen LogP) is 10.5. The minimum atomic E-state index is -1.04. The molecule has 6 aliphatic rings. The highest BCUT2D eigenvalue weighted by Gasteiger charge is 2.59. The summed E-state index contributed by atoms with van der Waals surface area (Å²) >= 11 is 0. The van der Waals surface area contributed by atoms with Crippen molar-refractivity contribution in [3.8, 4) is 11.5 Å². The lowest BCUT2D eigenvalue weighted by Crippen LogP contribution is -2.53. The van der Waals surface area contributed by atoms with Gasteiger partial charge in [-0.2, -0.15) is 0 Å². The molecule has 60 heavy (non-hydrogen) atoms. The van der Waals surface area contributed by atoms with Gasteiger partial charge in [-0.3, -0.25) is 9.59 Å². The number of hydrogen-bond donors (Lipinski definition) is 2. The number of esters is 2. The van der Waals surface area contributed by atoms with Crippen molar-refractivity contribution in [1.82, 2.24) is 0 Å². The van der Waals surface area contributed by atoms with E-state index in [0.717, 1.165) is 77.0 Å². The fraction of sp³-hybridized carbons (Fsp3) is 0.692. The number of rotatable bonds is 14. The molecule has 0 aliphatic heterocycles. The van der Waals surface area contributed by atoms with Gasteiger partial charge in [-0.25, -0.2) is 0 Å². The van der Waals surface area contributed by atoms with Crippen LogP contribution in [0.4, 0.5) is 0 Å². The first-order valence-corrected chi connectivity index (χ1v) is 23.4. The Morgan fingerprint density at radius 3 is 1.42 bits per heavy atom. The Morgan fingerprint density at radius 1 is 0.633 bits per heavy atom. The number of aliphatic hydroxyl groups excluding tert-OH is 2. The van der Waals surface area contributed by atoms with Crippen LogP contribution in [0.2, 0.25) is 0 Å². The van der Waals surface area contributed by atoms with Gasteiger partial charge in [-0.05, 0) is 148 Å². The molecule has 0 aromatic heterocycles. The molecule has 0 radical (unpaired) electrons. The summed E-state index contributed by atoms with van der Waals surface area (Å²) < 4.78 is 23.7. The van der Waals surface area contributed by atoms with Crippen molar-refractivity contribution in [3.05, 3.63) is 70.9 Å². The van der Waals surface area contributed by atoms with Gasteiger partial charge < -0.3 is 29.2 Å². The molecule has 2 N–H and O–H groups in total. The van der Waals surface area contributed by atoms with E-state index in [0.29, 0.717) is 35.2 Å². The van der Waals surface area contributed by atoms with Crippen LogP contribution in [-0.4, -0.2) is 60.8 Å². The maximum atomic E-state index is 13.9. The first kappa shape index (κ1) is 44.7. The molecule has 1 aromatic carbocycles. The first-order chi connectivity index (χ1) is 28.5. The van der Waals surface area contributed by atoms with Crippen LogP contribution in [0.5, 0.6) is 11.5 Å². The van der Waals surface area contributed by atoms with Crippen LogP contribution in [0.25, 0.3) is 0 Å². The smallest absolute Gasteiger partial charge is 0.312 e. The van der Waals surface area contributed by atoms with Crippen LogP contribution in [-0.2, 0) is 19.1 Å². The number of carbonyl (C=O) groups is 2. The van der Waals surface area contributed by atoms with E-state index in [1.165, 1.54) is 22.3 Å². The minimum Gasteiger partial charge on any atom is -0.487 e. The highest BCUT2D eigenvalue weighted by molar-refractivity contribution is 5.78. The van der Waals surface area contributed by atoms with Crippen molar-refractivity contribution in [2.75, 3.05) is 26.4 Å².